The third kappa shape index (κ3) is 3.80. The highest BCUT2D eigenvalue weighted by molar-refractivity contribution is 6.31. The van der Waals surface area contributed by atoms with Crippen molar-refractivity contribution in [3.05, 3.63) is 46.8 Å². The zero-order valence-corrected chi connectivity index (χ0v) is 13.2. The van der Waals surface area contributed by atoms with Gasteiger partial charge in [-0.25, -0.2) is 14.1 Å². The maximum atomic E-state index is 13.2. The molecule has 1 aromatic heterocycles. The number of aromatic nitrogens is 3. The molecule has 1 unspecified atom stereocenters. The predicted octanol–water partition coefficient (Wildman–Crippen LogP) is 3.54. The van der Waals surface area contributed by atoms with Gasteiger partial charge in [-0.1, -0.05) is 24.6 Å². The number of benzene rings is 1. The van der Waals surface area contributed by atoms with Crippen LogP contribution in [-0.2, 0) is 6.42 Å². The number of nitrogens with zero attached hydrogens (tertiary/aromatic N) is 3. The van der Waals surface area contributed by atoms with E-state index < -0.39 is 0 Å². The summed E-state index contributed by atoms with van der Waals surface area (Å²) in [5.41, 5.74) is 0.873. The highest BCUT2D eigenvalue weighted by atomic mass is 35.5. The van der Waals surface area contributed by atoms with Gasteiger partial charge in [-0.05, 0) is 38.1 Å². The van der Waals surface area contributed by atoms with Crippen molar-refractivity contribution in [1.82, 2.24) is 20.1 Å². The Morgan fingerprint density at radius 1 is 1.38 bits per heavy atom. The topological polar surface area (TPSA) is 42.7 Å². The normalized spacial score (nSPS) is 12.9. The third-order valence-electron chi connectivity index (χ3n) is 3.31. The lowest BCUT2D eigenvalue weighted by molar-refractivity contribution is 0.468. The Labute approximate surface area is 129 Å². The van der Waals surface area contributed by atoms with Gasteiger partial charge in [0.2, 0.25) is 0 Å². The fourth-order valence-corrected chi connectivity index (χ4v) is 2.66. The van der Waals surface area contributed by atoms with Crippen LogP contribution in [0.2, 0.25) is 5.02 Å². The van der Waals surface area contributed by atoms with Gasteiger partial charge in [0, 0.05) is 23.5 Å². The van der Waals surface area contributed by atoms with Crippen LogP contribution in [0.1, 0.15) is 44.2 Å². The maximum absolute atomic E-state index is 13.2. The van der Waals surface area contributed by atoms with Crippen LogP contribution < -0.4 is 5.32 Å². The summed E-state index contributed by atoms with van der Waals surface area (Å²) in [6.07, 6.45) is 2.21. The highest BCUT2D eigenvalue weighted by Gasteiger charge is 2.18. The van der Waals surface area contributed by atoms with Crippen LogP contribution in [0.5, 0.6) is 0 Å². The van der Waals surface area contributed by atoms with Gasteiger partial charge in [-0.15, -0.1) is 0 Å². The number of halogens is 2. The molecule has 1 N–H and O–H groups in total. The smallest absolute Gasteiger partial charge is 0.138 e. The van der Waals surface area contributed by atoms with E-state index in [0.717, 1.165) is 17.9 Å². The van der Waals surface area contributed by atoms with Crippen molar-refractivity contribution in [2.24, 2.45) is 0 Å². The van der Waals surface area contributed by atoms with E-state index in [9.17, 15) is 4.39 Å². The second-order valence-corrected chi connectivity index (χ2v) is 5.60. The van der Waals surface area contributed by atoms with Crippen molar-refractivity contribution in [2.45, 2.75) is 39.3 Å². The second-order valence-electron chi connectivity index (χ2n) is 5.19. The lowest BCUT2D eigenvalue weighted by Gasteiger charge is -2.20. The molecular formula is C15H20ClFN4. The van der Waals surface area contributed by atoms with Gasteiger partial charge in [0.1, 0.15) is 18.0 Å². The Morgan fingerprint density at radius 2 is 2.14 bits per heavy atom. The number of likely N-dealkylation sites (N-methyl/N-ethyl adjacent to an activating group) is 1. The number of hydrogen-bond acceptors (Lipinski definition) is 3. The molecule has 0 fully saturated rings. The van der Waals surface area contributed by atoms with Crippen LogP contribution in [0.25, 0.3) is 0 Å². The Kier molecular flexibility index (Phi) is 5.31. The van der Waals surface area contributed by atoms with Crippen molar-refractivity contribution >= 4 is 11.6 Å². The SMILES string of the molecule is CCNC(Cc1ncnn1C(C)C)c1ccc(F)cc1Cl. The van der Waals surface area contributed by atoms with Crippen LogP contribution in [0.4, 0.5) is 4.39 Å². The summed E-state index contributed by atoms with van der Waals surface area (Å²) in [6, 6.07) is 4.71. The molecule has 1 aromatic carbocycles. The largest absolute Gasteiger partial charge is 0.310 e. The van der Waals surface area contributed by atoms with Crippen LogP contribution in [0.3, 0.4) is 0 Å². The first-order valence-corrected chi connectivity index (χ1v) is 7.47. The van der Waals surface area contributed by atoms with E-state index in [4.69, 9.17) is 11.6 Å². The maximum Gasteiger partial charge on any atom is 0.138 e. The van der Waals surface area contributed by atoms with Crippen molar-refractivity contribution in [2.75, 3.05) is 6.54 Å². The molecule has 0 aliphatic rings. The summed E-state index contributed by atoms with van der Waals surface area (Å²) in [4.78, 5) is 4.33. The predicted molar refractivity (Wildman–Crippen MR) is 81.9 cm³/mol. The van der Waals surface area contributed by atoms with Crippen LogP contribution >= 0.6 is 11.6 Å². The average molecular weight is 311 g/mol. The van der Waals surface area contributed by atoms with Gasteiger partial charge in [0.15, 0.2) is 0 Å². The molecule has 0 saturated carbocycles. The summed E-state index contributed by atoms with van der Waals surface area (Å²) in [6.45, 7) is 6.93. The van der Waals surface area contributed by atoms with Crippen molar-refractivity contribution in [3.8, 4) is 0 Å². The van der Waals surface area contributed by atoms with E-state index in [0.29, 0.717) is 11.4 Å². The van der Waals surface area contributed by atoms with Crippen LogP contribution in [0, 0.1) is 5.82 Å². The van der Waals surface area contributed by atoms with Gasteiger partial charge >= 0.3 is 0 Å². The Hall–Kier alpha value is -1.46. The fraction of sp³-hybridized carbons (Fsp3) is 0.467. The minimum Gasteiger partial charge on any atom is -0.310 e. The molecule has 4 nitrogen and oxygen atoms in total. The third-order valence-corrected chi connectivity index (χ3v) is 3.64. The standard InChI is InChI=1S/C15H20ClFN4/c1-4-18-14(12-6-5-11(17)7-13(12)16)8-15-19-9-20-21(15)10(2)3/h5-7,9-10,14,18H,4,8H2,1-3H3. The molecule has 0 aliphatic heterocycles. The molecule has 21 heavy (non-hydrogen) atoms. The van der Waals surface area contributed by atoms with E-state index >= 15 is 0 Å². The van der Waals surface area contributed by atoms with E-state index in [2.05, 4.69) is 29.2 Å². The minimum atomic E-state index is -0.329. The quantitative estimate of drug-likeness (QED) is 0.887. The first-order valence-electron chi connectivity index (χ1n) is 7.09. The molecule has 2 aromatic rings. The zero-order chi connectivity index (χ0) is 15.4. The Bertz CT molecular complexity index is 597. The lowest BCUT2D eigenvalue weighted by Crippen LogP contribution is -2.25. The zero-order valence-electron chi connectivity index (χ0n) is 12.5. The second kappa shape index (κ2) is 7.00. The van der Waals surface area contributed by atoms with Gasteiger partial charge in [-0.3, -0.25) is 0 Å². The molecule has 2 rings (SSSR count). The monoisotopic (exact) mass is 310 g/mol. The molecule has 1 atom stereocenters. The molecule has 0 saturated heterocycles. The molecular weight excluding hydrogens is 291 g/mol. The average Bonchev–Trinajstić information content (AvgIpc) is 2.86. The van der Waals surface area contributed by atoms with Gasteiger partial charge in [0.05, 0.1) is 0 Å². The van der Waals surface area contributed by atoms with Crippen molar-refractivity contribution in [3.63, 3.8) is 0 Å². The van der Waals surface area contributed by atoms with Crippen LogP contribution in [0.15, 0.2) is 24.5 Å². The summed E-state index contributed by atoms with van der Waals surface area (Å²) >= 11 is 6.18. The first kappa shape index (κ1) is 15.9. The number of hydrogen-bond donors (Lipinski definition) is 1. The summed E-state index contributed by atoms with van der Waals surface area (Å²) < 4.78 is 15.1. The number of rotatable bonds is 6. The number of nitrogens with one attached hydrogen (secondary N) is 1. The molecule has 0 aliphatic carbocycles. The van der Waals surface area contributed by atoms with Gasteiger partial charge in [0.25, 0.3) is 0 Å². The molecule has 0 bridgehead atoms. The van der Waals surface area contributed by atoms with Gasteiger partial charge < -0.3 is 5.32 Å². The van der Waals surface area contributed by atoms with Crippen molar-refractivity contribution < 1.29 is 4.39 Å². The van der Waals surface area contributed by atoms with Gasteiger partial charge in [-0.2, -0.15) is 5.10 Å². The van der Waals surface area contributed by atoms with E-state index in [1.54, 1.807) is 12.4 Å². The Morgan fingerprint density at radius 3 is 2.76 bits per heavy atom. The fourth-order valence-electron chi connectivity index (χ4n) is 2.36. The summed E-state index contributed by atoms with van der Waals surface area (Å²) in [7, 11) is 0. The molecule has 0 amide bonds. The molecule has 6 heteroatoms. The Balaban J connectivity index is 2.28. The summed E-state index contributed by atoms with van der Waals surface area (Å²) in [5, 5.41) is 8.05. The first-order chi connectivity index (χ1) is 10.0. The van der Waals surface area contributed by atoms with Crippen molar-refractivity contribution in [1.29, 1.82) is 0 Å². The molecule has 1 heterocycles. The molecule has 0 radical (unpaired) electrons. The molecule has 114 valence electrons. The summed E-state index contributed by atoms with van der Waals surface area (Å²) in [5.74, 6) is 0.556. The van der Waals surface area contributed by atoms with E-state index in [-0.39, 0.29) is 17.9 Å². The molecule has 0 spiro atoms. The minimum absolute atomic E-state index is 0.0233. The van der Waals surface area contributed by atoms with Crippen LogP contribution in [-0.4, -0.2) is 21.3 Å². The lowest BCUT2D eigenvalue weighted by atomic mass is 10.0. The highest BCUT2D eigenvalue weighted by Crippen LogP contribution is 2.26. The van der Waals surface area contributed by atoms with E-state index in [1.165, 1.54) is 12.1 Å². The van der Waals surface area contributed by atoms with E-state index in [1.807, 2.05) is 11.6 Å².